The molecule has 0 aromatic rings. The normalized spacial score (nSPS) is 16.7. The third-order valence-electron chi connectivity index (χ3n) is 2.08. The molecule has 18 heavy (non-hydrogen) atoms. The van der Waals surface area contributed by atoms with Gasteiger partial charge in [-0.1, -0.05) is 41.5 Å². The summed E-state index contributed by atoms with van der Waals surface area (Å²) in [4.78, 5) is 0. The van der Waals surface area contributed by atoms with Gasteiger partial charge in [0.1, 0.15) is 0 Å². The minimum Gasteiger partial charge on any atom is -0.368 e. The van der Waals surface area contributed by atoms with Gasteiger partial charge in [-0.25, -0.2) is 0 Å². The second-order valence-corrected chi connectivity index (χ2v) is 7.23. The Labute approximate surface area is 111 Å². The molecule has 2 unspecified atom stereocenters. The average Bonchev–Trinajstić information content (AvgIpc) is 2.18. The first kappa shape index (κ1) is 17.8. The Morgan fingerprint density at radius 2 is 1.00 bits per heavy atom. The molecule has 0 bridgehead atoms. The molecule has 0 radical (unpaired) electrons. The predicted molar refractivity (Wildman–Crippen MR) is 72.1 cm³/mol. The summed E-state index contributed by atoms with van der Waals surface area (Å²) in [5, 5.41) is 19.2. The maximum Gasteiger partial charge on any atom is 0.154 e. The maximum atomic E-state index is 9.60. The number of aliphatic hydroxyl groups is 2. The van der Waals surface area contributed by atoms with Crippen molar-refractivity contribution in [2.75, 3.05) is 13.2 Å². The van der Waals surface area contributed by atoms with E-state index in [4.69, 9.17) is 9.47 Å². The van der Waals surface area contributed by atoms with E-state index in [1.54, 1.807) is 0 Å². The molecule has 2 atom stereocenters. The van der Waals surface area contributed by atoms with E-state index in [1.165, 1.54) is 0 Å². The highest BCUT2D eigenvalue weighted by molar-refractivity contribution is 4.61. The van der Waals surface area contributed by atoms with Crippen LogP contribution < -0.4 is 0 Å². The number of hydrogen-bond donors (Lipinski definition) is 2. The van der Waals surface area contributed by atoms with Gasteiger partial charge in [-0.15, -0.1) is 0 Å². The average molecular weight is 262 g/mol. The van der Waals surface area contributed by atoms with Gasteiger partial charge in [0, 0.05) is 12.8 Å². The summed E-state index contributed by atoms with van der Waals surface area (Å²) in [6.07, 6.45) is -0.919. The molecule has 0 aromatic heterocycles. The molecule has 0 saturated heterocycles. The Morgan fingerprint density at radius 3 is 1.22 bits per heavy atom. The van der Waals surface area contributed by atoms with E-state index in [0.29, 0.717) is 26.1 Å². The van der Waals surface area contributed by atoms with Gasteiger partial charge in [0.2, 0.25) is 0 Å². The molecule has 0 amide bonds. The van der Waals surface area contributed by atoms with Crippen molar-refractivity contribution in [1.82, 2.24) is 0 Å². The topological polar surface area (TPSA) is 58.9 Å². The van der Waals surface area contributed by atoms with Crippen molar-refractivity contribution in [2.45, 2.75) is 67.0 Å². The summed E-state index contributed by atoms with van der Waals surface area (Å²) in [6, 6.07) is 0. The molecule has 0 aliphatic carbocycles. The zero-order valence-electron chi connectivity index (χ0n) is 12.7. The predicted octanol–water partition coefficient (Wildman–Crippen LogP) is 2.53. The smallest absolute Gasteiger partial charge is 0.154 e. The third-order valence-corrected chi connectivity index (χ3v) is 2.08. The summed E-state index contributed by atoms with van der Waals surface area (Å²) in [5.74, 6) is 0. The van der Waals surface area contributed by atoms with Crippen molar-refractivity contribution in [1.29, 1.82) is 0 Å². The highest BCUT2D eigenvalue weighted by atomic mass is 16.6. The van der Waals surface area contributed by atoms with Gasteiger partial charge in [0.05, 0.1) is 13.2 Å². The summed E-state index contributed by atoms with van der Waals surface area (Å²) in [5.41, 5.74) is 0.0602. The summed E-state index contributed by atoms with van der Waals surface area (Å²) in [6.45, 7) is 13.2. The molecule has 0 heterocycles. The number of hydrogen-bond acceptors (Lipinski definition) is 4. The van der Waals surface area contributed by atoms with Crippen LogP contribution in [-0.2, 0) is 9.47 Å². The van der Waals surface area contributed by atoms with Crippen molar-refractivity contribution < 1.29 is 19.7 Å². The largest absolute Gasteiger partial charge is 0.368 e. The second kappa shape index (κ2) is 7.43. The quantitative estimate of drug-likeness (QED) is 0.692. The van der Waals surface area contributed by atoms with Crippen LogP contribution in [0.15, 0.2) is 0 Å². The summed E-state index contributed by atoms with van der Waals surface area (Å²) in [7, 11) is 0. The van der Waals surface area contributed by atoms with Crippen LogP contribution in [0.4, 0.5) is 0 Å². The lowest BCUT2D eigenvalue weighted by molar-refractivity contribution is -0.155. The number of ether oxygens (including phenoxy) is 2. The lowest BCUT2D eigenvalue weighted by atomic mass is 9.98. The van der Waals surface area contributed by atoms with Gasteiger partial charge in [0.15, 0.2) is 12.6 Å². The molecule has 0 aliphatic rings. The number of aliphatic hydroxyl groups excluding tert-OH is 2. The van der Waals surface area contributed by atoms with Crippen LogP contribution in [0.25, 0.3) is 0 Å². The first-order valence-electron chi connectivity index (χ1n) is 6.59. The van der Waals surface area contributed by atoms with Crippen LogP contribution in [-0.4, -0.2) is 36.0 Å². The SMILES string of the molecule is CC(C)(C)COC(O)CCC(O)OCC(C)(C)C. The van der Waals surface area contributed by atoms with Gasteiger partial charge in [-0.2, -0.15) is 0 Å². The van der Waals surface area contributed by atoms with Crippen molar-refractivity contribution in [3.05, 3.63) is 0 Å². The van der Waals surface area contributed by atoms with Crippen LogP contribution in [0.5, 0.6) is 0 Å². The first-order valence-corrected chi connectivity index (χ1v) is 6.59. The molecular formula is C14H30O4. The van der Waals surface area contributed by atoms with E-state index in [0.717, 1.165) is 0 Å². The Morgan fingerprint density at radius 1 is 0.722 bits per heavy atom. The summed E-state index contributed by atoms with van der Waals surface area (Å²) < 4.78 is 10.6. The maximum absolute atomic E-state index is 9.60. The van der Waals surface area contributed by atoms with Gasteiger partial charge in [0.25, 0.3) is 0 Å². The van der Waals surface area contributed by atoms with Gasteiger partial charge >= 0.3 is 0 Å². The Balaban J connectivity index is 3.68. The van der Waals surface area contributed by atoms with Crippen molar-refractivity contribution in [3.63, 3.8) is 0 Å². The lowest BCUT2D eigenvalue weighted by Crippen LogP contribution is -2.25. The molecule has 0 aromatic carbocycles. The van der Waals surface area contributed by atoms with E-state index < -0.39 is 12.6 Å². The fourth-order valence-electron chi connectivity index (χ4n) is 1.14. The zero-order chi connectivity index (χ0) is 14.4. The fourth-order valence-corrected chi connectivity index (χ4v) is 1.14. The van der Waals surface area contributed by atoms with Crippen molar-refractivity contribution in [3.8, 4) is 0 Å². The fraction of sp³-hybridized carbons (Fsp3) is 1.00. The minimum atomic E-state index is -0.836. The van der Waals surface area contributed by atoms with E-state index in [-0.39, 0.29) is 10.8 Å². The standard InChI is InChI=1S/C14H30O4/c1-13(2,3)9-17-11(15)7-8-12(16)18-10-14(4,5)6/h11-12,15-16H,7-10H2,1-6H3. The van der Waals surface area contributed by atoms with Gasteiger partial charge in [-0.3, -0.25) is 0 Å². The van der Waals surface area contributed by atoms with Crippen molar-refractivity contribution in [2.24, 2.45) is 10.8 Å². The summed E-state index contributed by atoms with van der Waals surface area (Å²) >= 11 is 0. The van der Waals surface area contributed by atoms with Crippen molar-refractivity contribution >= 4 is 0 Å². The molecular weight excluding hydrogens is 232 g/mol. The second-order valence-electron chi connectivity index (χ2n) is 7.23. The lowest BCUT2D eigenvalue weighted by Gasteiger charge is -2.23. The van der Waals surface area contributed by atoms with Crippen LogP contribution in [0.1, 0.15) is 54.4 Å². The molecule has 0 fully saturated rings. The molecule has 2 N–H and O–H groups in total. The zero-order valence-corrected chi connectivity index (χ0v) is 12.7. The highest BCUT2D eigenvalue weighted by Crippen LogP contribution is 2.17. The molecule has 0 aliphatic heterocycles. The number of rotatable bonds is 7. The van der Waals surface area contributed by atoms with Crippen LogP contribution in [0.2, 0.25) is 0 Å². The van der Waals surface area contributed by atoms with Crippen LogP contribution >= 0.6 is 0 Å². The Kier molecular flexibility index (Phi) is 7.37. The van der Waals surface area contributed by atoms with Crippen LogP contribution in [0, 0.1) is 10.8 Å². The molecule has 4 nitrogen and oxygen atoms in total. The van der Waals surface area contributed by atoms with Gasteiger partial charge < -0.3 is 19.7 Å². The molecule has 4 heteroatoms. The molecule has 0 saturated carbocycles. The molecule has 110 valence electrons. The van der Waals surface area contributed by atoms with Crippen LogP contribution in [0.3, 0.4) is 0 Å². The van der Waals surface area contributed by atoms with E-state index >= 15 is 0 Å². The van der Waals surface area contributed by atoms with E-state index in [2.05, 4.69) is 0 Å². The molecule has 0 spiro atoms. The van der Waals surface area contributed by atoms with E-state index in [9.17, 15) is 10.2 Å². The Bertz CT molecular complexity index is 191. The first-order chi connectivity index (χ1) is 7.99. The minimum absolute atomic E-state index is 0.0301. The van der Waals surface area contributed by atoms with Gasteiger partial charge in [-0.05, 0) is 10.8 Å². The highest BCUT2D eigenvalue weighted by Gasteiger charge is 2.17. The monoisotopic (exact) mass is 262 g/mol. The molecule has 0 rings (SSSR count). The van der Waals surface area contributed by atoms with E-state index in [1.807, 2.05) is 41.5 Å². The third kappa shape index (κ3) is 12.3. The Hall–Kier alpha value is -0.160.